The molecule has 3 aliphatic heterocycles. The molecule has 0 spiro atoms. The number of carbonyl (C=O) groups is 2. The fraction of sp³-hybridized carbons (Fsp3) is 0.333. The molecule has 0 radical (unpaired) electrons. The van der Waals surface area contributed by atoms with Crippen molar-refractivity contribution in [3.63, 3.8) is 0 Å². The Morgan fingerprint density at radius 3 is 2.32 bits per heavy atom. The van der Waals surface area contributed by atoms with E-state index in [4.69, 9.17) is 9.47 Å². The first-order chi connectivity index (χ1) is 25.7. The topological polar surface area (TPSA) is 79.3 Å². The van der Waals surface area contributed by atoms with Crippen LogP contribution in [0.15, 0.2) is 109 Å². The molecule has 0 saturated carbocycles. The lowest BCUT2D eigenvalue weighted by Crippen LogP contribution is -2.52. The monoisotopic (exact) mass is 724 g/mol. The largest absolute Gasteiger partial charge is 0.497 e. The van der Waals surface area contributed by atoms with Crippen molar-refractivity contribution in [2.24, 2.45) is 5.92 Å². The summed E-state index contributed by atoms with van der Waals surface area (Å²) in [5, 5.41) is 13.8. The van der Waals surface area contributed by atoms with Gasteiger partial charge in [-0.3, -0.25) is 14.5 Å². The highest BCUT2D eigenvalue weighted by atomic mass is 28.3. The summed E-state index contributed by atoms with van der Waals surface area (Å²) >= 11 is 0. The Labute approximate surface area is 313 Å². The zero-order chi connectivity index (χ0) is 36.9. The van der Waals surface area contributed by atoms with E-state index in [1.54, 1.807) is 7.11 Å². The lowest BCUT2D eigenvalue weighted by atomic mass is 9.93. The van der Waals surface area contributed by atoms with Gasteiger partial charge in [-0.2, -0.15) is 0 Å². The van der Waals surface area contributed by atoms with Gasteiger partial charge in [0, 0.05) is 17.6 Å². The van der Waals surface area contributed by atoms with Crippen LogP contribution in [-0.4, -0.2) is 61.9 Å². The average Bonchev–Trinajstić information content (AvgIpc) is 3.66. The van der Waals surface area contributed by atoms with Gasteiger partial charge in [0.05, 0.1) is 57.7 Å². The van der Waals surface area contributed by atoms with E-state index in [1.165, 1.54) is 16.3 Å². The zero-order valence-corrected chi connectivity index (χ0v) is 32.0. The summed E-state index contributed by atoms with van der Waals surface area (Å²) < 4.78 is 12.5. The molecule has 0 aromatic heterocycles. The van der Waals surface area contributed by atoms with Gasteiger partial charge >= 0.3 is 0 Å². The number of amides is 2. The van der Waals surface area contributed by atoms with Gasteiger partial charge in [0.1, 0.15) is 5.75 Å². The predicted octanol–water partition coefficient (Wildman–Crippen LogP) is 7.80. The minimum Gasteiger partial charge on any atom is -0.497 e. The number of aliphatic hydroxyl groups excluding tert-OH is 1. The number of nitrogens with zero attached hydrogens (tertiary/aromatic N) is 2. The standard InChI is InChI=1S/C45H48N2O5Si/c1-29-40(24-17-30-15-18-34(19-16-30)47-39-14-8-12-31-11-7-13-38(43(31)39)45(47)50)52-41(44(29)53(3,4)37-22-20-36(51-2)21-23-37)26-42(49)46-27-33-10-6-5-9-32(33)25-35(46)28-48/h5-16,18-23,29,35,40-41,44,48H,17,24-28H2,1-4H3/t29-,35-,40+,41-,44+/m0/s1. The van der Waals surface area contributed by atoms with Gasteiger partial charge in [-0.05, 0) is 89.2 Å². The van der Waals surface area contributed by atoms with Crippen LogP contribution in [0.25, 0.3) is 10.8 Å². The maximum absolute atomic E-state index is 14.2. The van der Waals surface area contributed by atoms with Crippen LogP contribution in [0, 0.1) is 5.92 Å². The molecule has 53 heavy (non-hydrogen) atoms. The molecule has 8 heteroatoms. The summed E-state index contributed by atoms with van der Waals surface area (Å²) in [5.41, 5.74) is 6.29. The summed E-state index contributed by atoms with van der Waals surface area (Å²) in [4.78, 5) is 31.4. The molecule has 3 aliphatic rings. The van der Waals surface area contributed by atoms with Crippen molar-refractivity contribution in [2.75, 3.05) is 18.6 Å². The van der Waals surface area contributed by atoms with Crippen LogP contribution in [0.4, 0.5) is 11.4 Å². The summed E-state index contributed by atoms with van der Waals surface area (Å²) in [6.45, 7) is 7.57. The van der Waals surface area contributed by atoms with Gasteiger partial charge in [-0.15, -0.1) is 0 Å². The van der Waals surface area contributed by atoms with Crippen molar-refractivity contribution in [3.8, 4) is 5.75 Å². The van der Waals surface area contributed by atoms with Crippen molar-refractivity contribution in [2.45, 2.75) is 76.0 Å². The number of rotatable bonds is 10. The molecule has 5 atom stereocenters. The van der Waals surface area contributed by atoms with E-state index < -0.39 is 8.07 Å². The quantitative estimate of drug-likeness (QED) is 0.149. The number of carbonyl (C=O) groups excluding carboxylic acids is 2. The summed E-state index contributed by atoms with van der Waals surface area (Å²) in [7, 11) is -0.483. The molecule has 3 heterocycles. The van der Waals surface area contributed by atoms with Gasteiger partial charge in [0.2, 0.25) is 5.91 Å². The Morgan fingerprint density at radius 2 is 1.60 bits per heavy atom. The number of hydrogen-bond acceptors (Lipinski definition) is 5. The first-order valence-electron chi connectivity index (χ1n) is 18.9. The fourth-order valence-corrected chi connectivity index (χ4v) is 13.5. The second-order valence-corrected chi connectivity index (χ2v) is 20.3. The van der Waals surface area contributed by atoms with Gasteiger partial charge < -0.3 is 19.5 Å². The SMILES string of the molecule is COc1ccc([Si](C)(C)[C@@H]2[C@@H](C)[C@@H](CCc3ccc(N4C(=O)c5cccc6cccc4c56)cc3)O[C@H]2CC(=O)N2Cc3ccccc3C[C@H]2CO)cc1. The number of fused-ring (bicyclic) bond motifs is 1. The molecule has 2 amide bonds. The molecule has 8 rings (SSSR count). The average molecular weight is 725 g/mol. The van der Waals surface area contributed by atoms with E-state index in [-0.39, 0.29) is 48.1 Å². The number of benzene rings is 5. The Balaban J connectivity index is 1.01. The van der Waals surface area contributed by atoms with Crippen LogP contribution in [0.5, 0.6) is 5.75 Å². The smallest absolute Gasteiger partial charge is 0.263 e. The lowest BCUT2D eigenvalue weighted by Gasteiger charge is -2.39. The van der Waals surface area contributed by atoms with Crippen LogP contribution < -0.4 is 14.8 Å². The molecule has 1 fully saturated rings. The number of aryl methyl sites for hydroxylation is 1. The zero-order valence-electron chi connectivity index (χ0n) is 31.0. The van der Waals surface area contributed by atoms with E-state index in [9.17, 15) is 14.7 Å². The molecule has 0 unspecified atom stereocenters. The van der Waals surface area contributed by atoms with Crippen LogP contribution in [0.2, 0.25) is 18.6 Å². The van der Waals surface area contributed by atoms with Crippen LogP contribution in [0.3, 0.4) is 0 Å². The highest BCUT2D eigenvalue weighted by Crippen LogP contribution is 2.47. The van der Waals surface area contributed by atoms with Crippen LogP contribution in [-0.2, 0) is 28.9 Å². The van der Waals surface area contributed by atoms with Crippen molar-refractivity contribution in [1.82, 2.24) is 4.90 Å². The Morgan fingerprint density at radius 1 is 0.887 bits per heavy atom. The first-order valence-corrected chi connectivity index (χ1v) is 22.0. The van der Waals surface area contributed by atoms with E-state index in [1.807, 2.05) is 58.3 Å². The molecular weight excluding hydrogens is 677 g/mol. The van der Waals surface area contributed by atoms with E-state index in [0.717, 1.165) is 51.9 Å². The maximum Gasteiger partial charge on any atom is 0.263 e. The summed E-state index contributed by atoms with van der Waals surface area (Å²) in [5.74, 6) is 1.13. The van der Waals surface area contributed by atoms with Gasteiger partial charge in [0.15, 0.2) is 0 Å². The number of ether oxygens (including phenoxy) is 2. The molecule has 0 bridgehead atoms. The fourth-order valence-electron chi connectivity index (χ4n) is 9.47. The van der Waals surface area contributed by atoms with Crippen LogP contribution >= 0.6 is 0 Å². The first kappa shape index (κ1) is 35.3. The molecule has 1 N–H and O–H groups in total. The maximum atomic E-state index is 14.2. The Kier molecular flexibility index (Phi) is 9.47. The van der Waals surface area contributed by atoms with E-state index in [0.29, 0.717) is 19.4 Å². The van der Waals surface area contributed by atoms with E-state index >= 15 is 0 Å². The highest BCUT2D eigenvalue weighted by molar-refractivity contribution is 6.91. The predicted molar refractivity (Wildman–Crippen MR) is 213 cm³/mol. The van der Waals surface area contributed by atoms with E-state index in [2.05, 4.69) is 80.7 Å². The second kappa shape index (κ2) is 14.2. The van der Waals surface area contributed by atoms with Crippen molar-refractivity contribution in [1.29, 1.82) is 0 Å². The van der Waals surface area contributed by atoms with Gasteiger partial charge in [-0.25, -0.2) is 0 Å². The molecule has 272 valence electrons. The van der Waals surface area contributed by atoms with Gasteiger partial charge in [-0.1, -0.05) is 98.0 Å². The minimum absolute atomic E-state index is 0.00655. The molecular formula is C45H48N2O5Si. The second-order valence-electron chi connectivity index (χ2n) is 15.6. The van der Waals surface area contributed by atoms with Crippen molar-refractivity contribution in [3.05, 3.63) is 131 Å². The number of methoxy groups -OCH3 is 1. The molecule has 5 aromatic carbocycles. The highest BCUT2D eigenvalue weighted by Gasteiger charge is 2.51. The lowest BCUT2D eigenvalue weighted by molar-refractivity contribution is -0.138. The number of anilines is 2. The van der Waals surface area contributed by atoms with Gasteiger partial charge in [0.25, 0.3) is 5.91 Å². The normalized spacial score (nSPS) is 22.4. The Bertz CT molecular complexity index is 2140. The third kappa shape index (κ3) is 6.36. The molecule has 0 aliphatic carbocycles. The molecule has 1 saturated heterocycles. The molecule has 5 aromatic rings. The Hall–Kier alpha value is -4.76. The van der Waals surface area contributed by atoms with Crippen molar-refractivity contribution >= 4 is 47.2 Å². The minimum atomic E-state index is -2.17. The third-order valence-electron chi connectivity index (χ3n) is 12.3. The van der Waals surface area contributed by atoms with Crippen LogP contribution in [0.1, 0.15) is 46.8 Å². The summed E-state index contributed by atoms with van der Waals surface area (Å²) in [6.07, 6.45) is 2.38. The number of hydrogen-bond donors (Lipinski definition) is 1. The number of aliphatic hydroxyl groups is 1. The molecule has 7 nitrogen and oxygen atoms in total. The summed E-state index contributed by atoms with van der Waals surface area (Å²) in [6, 6.07) is 36.8. The third-order valence-corrected chi connectivity index (χ3v) is 16.7. The van der Waals surface area contributed by atoms with Crippen molar-refractivity contribution < 1.29 is 24.2 Å².